The van der Waals surface area contributed by atoms with Gasteiger partial charge in [-0.2, -0.15) is 0 Å². The molecule has 5 N–H and O–H groups in total. The third-order valence-corrected chi connectivity index (χ3v) is 7.39. The second-order valence-electron chi connectivity index (χ2n) is 11.2. The molecule has 1 saturated heterocycles. The number of aliphatic hydroxyl groups is 1. The van der Waals surface area contributed by atoms with E-state index in [4.69, 9.17) is 20.5 Å². The summed E-state index contributed by atoms with van der Waals surface area (Å²) in [5.41, 5.74) is 4.07. The predicted molar refractivity (Wildman–Crippen MR) is 157 cm³/mol. The van der Waals surface area contributed by atoms with Crippen molar-refractivity contribution in [3.05, 3.63) is 41.4 Å². The molecule has 1 fully saturated rings. The molecule has 10 nitrogen and oxygen atoms in total. The number of nitrogens with one attached hydrogen (secondary N) is 4. The standard InChI is InChI=1S/C29H42N8O2/c1-18(2)33-27(34-19(3)31)24-16-36-11-12-39-25-13-20(7-8-22(25)28(36)35-24)23(14-30)26(32-6)21-9-10-37(15-21)29(4,5)17-38/h7-8,13-14,16,18,21,30,32,38H,9-12,15,17H2,1-6H3,(H2,31,33,34)/b26-23+,30-14?. The monoisotopic (exact) mass is 534 g/mol. The fourth-order valence-electron chi connectivity index (χ4n) is 5.29. The number of allylic oxidation sites excluding steroid dienone is 1. The van der Waals surface area contributed by atoms with Crippen LogP contribution in [-0.2, 0) is 6.54 Å². The van der Waals surface area contributed by atoms with Crippen LogP contribution in [0, 0.1) is 16.7 Å². The van der Waals surface area contributed by atoms with Crippen LogP contribution < -0.4 is 15.4 Å². The number of aliphatic hydroxyl groups excluding tert-OH is 1. The molecule has 0 aliphatic carbocycles. The number of amidine groups is 2. The summed E-state index contributed by atoms with van der Waals surface area (Å²) in [5.74, 6) is 2.55. The molecule has 4 rings (SSSR count). The molecule has 39 heavy (non-hydrogen) atoms. The molecule has 0 amide bonds. The van der Waals surface area contributed by atoms with Gasteiger partial charge in [-0.15, -0.1) is 0 Å². The molecule has 1 unspecified atom stereocenters. The number of rotatable bonds is 8. The van der Waals surface area contributed by atoms with Crippen LogP contribution in [0.25, 0.3) is 17.0 Å². The molecular formula is C29H42N8O2. The van der Waals surface area contributed by atoms with Crippen LogP contribution in [0.5, 0.6) is 5.75 Å². The second kappa shape index (κ2) is 11.7. The first-order valence-electron chi connectivity index (χ1n) is 13.6. The quantitative estimate of drug-likeness (QED) is 0.260. The van der Waals surface area contributed by atoms with Gasteiger partial charge in [0.2, 0.25) is 0 Å². The maximum Gasteiger partial charge on any atom is 0.155 e. The number of aromatic nitrogens is 2. The van der Waals surface area contributed by atoms with Crippen molar-refractivity contribution in [1.29, 1.82) is 10.8 Å². The minimum Gasteiger partial charge on any atom is -0.491 e. The molecular weight excluding hydrogens is 492 g/mol. The molecule has 2 aromatic rings. The Labute approximate surface area is 231 Å². The largest absolute Gasteiger partial charge is 0.491 e. The second-order valence-corrected chi connectivity index (χ2v) is 11.2. The highest BCUT2D eigenvalue weighted by molar-refractivity contribution is 6.10. The Morgan fingerprint density at radius 3 is 2.74 bits per heavy atom. The van der Waals surface area contributed by atoms with E-state index in [0.717, 1.165) is 53.5 Å². The topological polar surface area (TPSA) is 135 Å². The molecule has 0 spiro atoms. The summed E-state index contributed by atoms with van der Waals surface area (Å²) >= 11 is 0. The van der Waals surface area contributed by atoms with Gasteiger partial charge in [0.25, 0.3) is 0 Å². The number of nitrogens with zero attached hydrogens (tertiary/aromatic N) is 4. The normalized spacial score (nSPS) is 18.6. The van der Waals surface area contributed by atoms with Crippen LogP contribution in [0.1, 0.15) is 52.3 Å². The van der Waals surface area contributed by atoms with E-state index >= 15 is 0 Å². The Hall–Kier alpha value is -3.50. The Kier molecular flexibility index (Phi) is 8.56. The molecule has 3 heterocycles. The number of imidazole rings is 1. The van der Waals surface area contributed by atoms with Crippen LogP contribution in [0.15, 0.2) is 35.1 Å². The van der Waals surface area contributed by atoms with Crippen LogP contribution in [0.2, 0.25) is 0 Å². The molecule has 2 aliphatic rings. The van der Waals surface area contributed by atoms with Gasteiger partial charge >= 0.3 is 0 Å². The molecule has 0 saturated carbocycles. The maximum atomic E-state index is 9.84. The third-order valence-electron chi connectivity index (χ3n) is 7.39. The fraction of sp³-hybridized carbons (Fsp3) is 0.517. The van der Waals surface area contributed by atoms with Gasteiger partial charge in [-0.25, -0.2) is 9.98 Å². The first kappa shape index (κ1) is 28.5. The summed E-state index contributed by atoms with van der Waals surface area (Å²) in [5, 5.41) is 32.7. The van der Waals surface area contributed by atoms with Crippen LogP contribution in [0.3, 0.4) is 0 Å². The smallest absolute Gasteiger partial charge is 0.155 e. The predicted octanol–water partition coefficient (Wildman–Crippen LogP) is 3.36. The van der Waals surface area contributed by atoms with Crippen LogP contribution >= 0.6 is 0 Å². The van der Waals surface area contributed by atoms with Gasteiger partial charge in [-0.1, -0.05) is 6.07 Å². The van der Waals surface area contributed by atoms with Gasteiger partial charge in [-0.05, 0) is 65.3 Å². The zero-order chi connectivity index (χ0) is 28.3. The van der Waals surface area contributed by atoms with Crippen molar-refractivity contribution in [2.75, 3.05) is 33.4 Å². The van der Waals surface area contributed by atoms with Crippen LogP contribution in [-0.4, -0.2) is 82.4 Å². The lowest BCUT2D eigenvalue weighted by atomic mass is 9.94. The van der Waals surface area contributed by atoms with Gasteiger partial charge in [0.05, 0.1) is 18.7 Å². The lowest BCUT2D eigenvalue weighted by molar-refractivity contribution is 0.0753. The average Bonchev–Trinajstić information content (AvgIpc) is 3.51. The average molecular weight is 535 g/mol. The Bertz CT molecular complexity index is 1290. The van der Waals surface area contributed by atoms with Gasteiger partial charge in [-0.3, -0.25) is 10.3 Å². The van der Waals surface area contributed by atoms with Crippen molar-refractivity contribution < 1.29 is 9.84 Å². The first-order valence-corrected chi connectivity index (χ1v) is 13.6. The first-order chi connectivity index (χ1) is 18.6. The highest BCUT2D eigenvalue weighted by atomic mass is 16.5. The highest BCUT2D eigenvalue weighted by Crippen LogP contribution is 2.37. The van der Waals surface area contributed by atoms with Crippen molar-refractivity contribution in [3.63, 3.8) is 0 Å². The number of aliphatic imine (C=N–C) groups is 1. The van der Waals surface area contributed by atoms with Crippen LogP contribution in [0.4, 0.5) is 0 Å². The number of ether oxygens (including phenoxy) is 1. The summed E-state index contributed by atoms with van der Waals surface area (Å²) in [7, 11) is 1.91. The number of benzene rings is 1. The summed E-state index contributed by atoms with van der Waals surface area (Å²) in [6.07, 6.45) is 4.34. The van der Waals surface area contributed by atoms with E-state index in [9.17, 15) is 5.11 Å². The lowest BCUT2D eigenvalue weighted by Gasteiger charge is -2.34. The van der Waals surface area contributed by atoms with E-state index in [1.54, 1.807) is 6.92 Å². The molecule has 2 aliphatic heterocycles. The van der Waals surface area contributed by atoms with Gasteiger partial charge in [0.1, 0.15) is 29.7 Å². The molecule has 0 radical (unpaired) electrons. The Morgan fingerprint density at radius 1 is 1.33 bits per heavy atom. The number of fused-ring (bicyclic) bond motifs is 3. The van der Waals surface area contributed by atoms with Crippen molar-refractivity contribution in [3.8, 4) is 17.1 Å². The van der Waals surface area contributed by atoms with Crippen molar-refractivity contribution in [2.24, 2.45) is 10.9 Å². The molecule has 1 aromatic carbocycles. The molecule has 10 heteroatoms. The SMILES string of the molecule is CN/C(=C(\C=N)c1ccc2c(c1)OCCn1cc(/C(=N/C(C)=N)NC(C)C)nc1-2)C1CCN(C(C)(C)CO)C1. The van der Waals surface area contributed by atoms with E-state index in [-0.39, 0.29) is 29.9 Å². The number of hydrogen-bond acceptors (Lipinski definition) is 7. The molecule has 210 valence electrons. The molecule has 1 aromatic heterocycles. The number of likely N-dealkylation sites (tertiary alicyclic amines) is 1. The van der Waals surface area contributed by atoms with Gasteiger partial charge in [0.15, 0.2) is 5.84 Å². The minimum atomic E-state index is -0.274. The zero-order valence-corrected chi connectivity index (χ0v) is 23.9. The van der Waals surface area contributed by atoms with E-state index in [0.29, 0.717) is 24.7 Å². The van der Waals surface area contributed by atoms with Crippen molar-refractivity contribution in [1.82, 2.24) is 25.1 Å². The summed E-state index contributed by atoms with van der Waals surface area (Å²) in [6.45, 7) is 12.8. The van der Waals surface area contributed by atoms with E-state index < -0.39 is 0 Å². The summed E-state index contributed by atoms with van der Waals surface area (Å²) in [6, 6.07) is 6.19. The van der Waals surface area contributed by atoms with E-state index in [2.05, 4.69) is 38.9 Å². The maximum absolute atomic E-state index is 9.84. The molecule has 0 bridgehead atoms. The highest BCUT2D eigenvalue weighted by Gasteiger charge is 2.35. The van der Waals surface area contributed by atoms with Gasteiger partial charge in [0, 0.05) is 54.8 Å². The Morgan fingerprint density at radius 2 is 2.10 bits per heavy atom. The van der Waals surface area contributed by atoms with Crippen molar-refractivity contribution in [2.45, 2.75) is 59.2 Å². The molecule has 1 atom stereocenters. The lowest BCUT2D eigenvalue weighted by Crippen LogP contribution is -2.45. The fourth-order valence-corrected chi connectivity index (χ4v) is 5.29. The summed E-state index contributed by atoms with van der Waals surface area (Å²) in [4.78, 5) is 11.6. The van der Waals surface area contributed by atoms with E-state index in [1.807, 2.05) is 45.3 Å². The zero-order valence-electron chi connectivity index (χ0n) is 23.9. The van der Waals surface area contributed by atoms with E-state index in [1.165, 1.54) is 6.21 Å². The van der Waals surface area contributed by atoms with Crippen molar-refractivity contribution >= 4 is 23.5 Å². The number of hydrogen-bond donors (Lipinski definition) is 5. The minimum absolute atomic E-state index is 0.108. The summed E-state index contributed by atoms with van der Waals surface area (Å²) < 4.78 is 8.24. The Balaban J connectivity index is 1.70. The third kappa shape index (κ3) is 6.07. The van der Waals surface area contributed by atoms with Gasteiger partial charge < -0.3 is 30.5 Å².